The molecule has 6 nitrogen and oxygen atoms in total. The summed E-state index contributed by atoms with van der Waals surface area (Å²) in [4.78, 5) is 0. The zero-order valence-corrected chi connectivity index (χ0v) is 14.6. The van der Waals surface area contributed by atoms with Crippen molar-refractivity contribution in [3.63, 3.8) is 0 Å². The summed E-state index contributed by atoms with van der Waals surface area (Å²) in [6.45, 7) is 3.56. The van der Waals surface area contributed by atoms with Gasteiger partial charge in [-0.05, 0) is 32.0 Å². The molecule has 136 valence electrons. The first-order chi connectivity index (χ1) is 13.0. The molecule has 27 heavy (non-hydrogen) atoms. The first kappa shape index (κ1) is 16.8. The molecule has 2 heterocycles. The number of aryl methyl sites for hydroxylation is 2. The van der Waals surface area contributed by atoms with E-state index in [0.717, 1.165) is 11.5 Å². The lowest BCUT2D eigenvalue weighted by Crippen LogP contribution is -2.02. The van der Waals surface area contributed by atoms with E-state index in [1.54, 1.807) is 18.4 Å². The highest BCUT2D eigenvalue weighted by atomic mass is 19.1. The van der Waals surface area contributed by atoms with Crippen LogP contribution in [0, 0.1) is 19.7 Å². The number of para-hydroxylation sites is 1. The molecule has 7 heteroatoms. The standard InChI is InChI=1S/C20H16FN3O3/c1-11-19(12(2)27-23-11)20-15(10-22-26)14-5-3-4-6-17(14)24(20)18-8-7-13(25)9-16(18)21/h3-10,25-26H,1-2H3. The monoisotopic (exact) mass is 365 g/mol. The minimum atomic E-state index is -0.587. The average molecular weight is 365 g/mol. The van der Waals surface area contributed by atoms with Gasteiger partial charge >= 0.3 is 0 Å². The number of aromatic nitrogens is 2. The summed E-state index contributed by atoms with van der Waals surface area (Å²) in [6.07, 6.45) is 1.32. The quantitative estimate of drug-likeness (QED) is 0.317. The third-order valence-corrected chi connectivity index (χ3v) is 4.54. The third-order valence-electron chi connectivity index (χ3n) is 4.54. The number of nitrogens with zero attached hydrogens (tertiary/aromatic N) is 3. The zero-order chi connectivity index (χ0) is 19.1. The molecule has 0 bridgehead atoms. The number of fused-ring (bicyclic) bond motifs is 1. The molecule has 0 fully saturated rings. The largest absolute Gasteiger partial charge is 0.508 e. The Morgan fingerprint density at radius 1 is 1.19 bits per heavy atom. The first-order valence-electron chi connectivity index (χ1n) is 8.26. The van der Waals surface area contributed by atoms with Crippen molar-refractivity contribution < 1.29 is 19.2 Å². The van der Waals surface area contributed by atoms with E-state index in [4.69, 9.17) is 4.52 Å². The molecule has 0 aliphatic rings. The molecule has 0 unspecified atom stereocenters. The second-order valence-electron chi connectivity index (χ2n) is 6.19. The summed E-state index contributed by atoms with van der Waals surface area (Å²) in [5.74, 6) is -0.191. The van der Waals surface area contributed by atoms with E-state index in [2.05, 4.69) is 10.3 Å². The van der Waals surface area contributed by atoms with Crippen molar-refractivity contribution in [3.8, 4) is 22.7 Å². The normalized spacial score (nSPS) is 11.7. The van der Waals surface area contributed by atoms with Crippen molar-refractivity contribution in [3.05, 3.63) is 65.3 Å². The first-order valence-corrected chi connectivity index (χ1v) is 8.26. The molecule has 4 aromatic rings. The number of phenolic OH excluding ortho intramolecular Hbond substituents is 1. The van der Waals surface area contributed by atoms with E-state index < -0.39 is 5.82 Å². The van der Waals surface area contributed by atoms with Crippen LogP contribution in [0.3, 0.4) is 0 Å². The molecule has 0 saturated heterocycles. The Hall–Kier alpha value is -3.61. The number of phenols is 1. The number of oxime groups is 1. The highest BCUT2D eigenvalue weighted by molar-refractivity contribution is 6.07. The third kappa shape index (κ3) is 2.55. The fraction of sp³-hybridized carbons (Fsp3) is 0.100. The maximum atomic E-state index is 14.8. The van der Waals surface area contributed by atoms with Crippen LogP contribution in [0.25, 0.3) is 27.8 Å². The molecule has 2 aromatic carbocycles. The van der Waals surface area contributed by atoms with Gasteiger partial charge in [-0.25, -0.2) is 4.39 Å². The summed E-state index contributed by atoms with van der Waals surface area (Å²) in [7, 11) is 0. The highest BCUT2D eigenvalue weighted by Gasteiger charge is 2.25. The second kappa shape index (κ2) is 6.28. The maximum Gasteiger partial charge on any atom is 0.150 e. The predicted molar refractivity (Wildman–Crippen MR) is 99.2 cm³/mol. The van der Waals surface area contributed by atoms with E-state index in [1.165, 1.54) is 18.3 Å². The van der Waals surface area contributed by atoms with Gasteiger partial charge in [0, 0.05) is 17.0 Å². The summed E-state index contributed by atoms with van der Waals surface area (Å²) in [5.41, 5.74) is 3.48. The number of hydrogen-bond donors (Lipinski definition) is 2. The van der Waals surface area contributed by atoms with E-state index in [1.807, 2.05) is 24.3 Å². The van der Waals surface area contributed by atoms with Crippen molar-refractivity contribution in [2.75, 3.05) is 0 Å². The van der Waals surface area contributed by atoms with Crippen LogP contribution in [0.2, 0.25) is 0 Å². The lowest BCUT2D eigenvalue weighted by atomic mass is 10.0. The average Bonchev–Trinajstić information content (AvgIpc) is 3.13. The zero-order valence-electron chi connectivity index (χ0n) is 14.6. The fourth-order valence-electron chi connectivity index (χ4n) is 3.45. The number of aromatic hydroxyl groups is 1. The topological polar surface area (TPSA) is 83.8 Å². The molecule has 0 spiro atoms. The van der Waals surface area contributed by atoms with Gasteiger partial charge in [0.1, 0.15) is 11.5 Å². The second-order valence-corrected chi connectivity index (χ2v) is 6.19. The molecular formula is C20H16FN3O3. The molecule has 0 saturated carbocycles. The Balaban J connectivity index is 2.22. The van der Waals surface area contributed by atoms with Gasteiger partial charge in [0.15, 0.2) is 5.82 Å². The van der Waals surface area contributed by atoms with E-state index in [-0.39, 0.29) is 11.4 Å². The minimum Gasteiger partial charge on any atom is -0.508 e. The van der Waals surface area contributed by atoms with E-state index in [0.29, 0.717) is 33.8 Å². The Morgan fingerprint density at radius 2 is 1.96 bits per heavy atom. The van der Waals surface area contributed by atoms with Crippen molar-refractivity contribution in [2.24, 2.45) is 5.16 Å². The summed E-state index contributed by atoms with van der Waals surface area (Å²) in [5, 5.41) is 26.8. The summed E-state index contributed by atoms with van der Waals surface area (Å²) in [6, 6.07) is 11.4. The van der Waals surface area contributed by atoms with Gasteiger partial charge in [-0.3, -0.25) is 0 Å². The van der Waals surface area contributed by atoms with Gasteiger partial charge < -0.3 is 19.4 Å². The maximum absolute atomic E-state index is 14.8. The lowest BCUT2D eigenvalue weighted by Gasteiger charge is -2.13. The lowest BCUT2D eigenvalue weighted by molar-refractivity contribution is 0.322. The molecule has 2 N–H and O–H groups in total. The summed E-state index contributed by atoms with van der Waals surface area (Å²) >= 11 is 0. The van der Waals surface area contributed by atoms with Crippen LogP contribution in [0.15, 0.2) is 52.1 Å². The van der Waals surface area contributed by atoms with Crippen molar-refractivity contribution >= 4 is 17.1 Å². The van der Waals surface area contributed by atoms with Crippen LogP contribution in [0.4, 0.5) is 4.39 Å². The van der Waals surface area contributed by atoms with Crippen LogP contribution in [0.5, 0.6) is 5.75 Å². The van der Waals surface area contributed by atoms with Crippen molar-refractivity contribution in [2.45, 2.75) is 13.8 Å². The van der Waals surface area contributed by atoms with Gasteiger partial charge in [-0.2, -0.15) is 0 Å². The van der Waals surface area contributed by atoms with Gasteiger partial charge in [0.25, 0.3) is 0 Å². The fourth-order valence-corrected chi connectivity index (χ4v) is 3.45. The van der Waals surface area contributed by atoms with Gasteiger partial charge in [-0.15, -0.1) is 0 Å². The van der Waals surface area contributed by atoms with E-state index >= 15 is 0 Å². The molecule has 0 aliphatic heterocycles. The Bertz CT molecular complexity index is 1170. The van der Waals surface area contributed by atoms with Crippen LogP contribution < -0.4 is 0 Å². The molecule has 0 aliphatic carbocycles. The Labute approximate surface area is 153 Å². The Morgan fingerprint density at radius 3 is 2.63 bits per heavy atom. The summed E-state index contributed by atoms with van der Waals surface area (Å²) < 4.78 is 21.8. The highest BCUT2D eigenvalue weighted by Crippen LogP contribution is 2.39. The van der Waals surface area contributed by atoms with Crippen LogP contribution >= 0.6 is 0 Å². The minimum absolute atomic E-state index is 0.163. The van der Waals surface area contributed by atoms with Crippen molar-refractivity contribution in [1.82, 2.24) is 9.72 Å². The SMILES string of the molecule is Cc1noc(C)c1-c1c(C=NO)c2ccccc2n1-c1ccc(O)cc1F. The predicted octanol–water partition coefficient (Wildman–Crippen LogP) is 4.56. The molecular weight excluding hydrogens is 349 g/mol. The molecule has 0 amide bonds. The van der Waals surface area contributed by atoms with Crippen LogP contribution in [0.1, 0.15) is 17.0 Å². The smallest absolute Gasteiger partial charge is 0.150 e. The molecule has 4 rings (SSSR count). The van der Waals surface area contributed by atoms with Crippen molar-refractivity contribution in [1.29, 1.82) is 0 Å². The van der Waals surface area contributed by atoms with Crippen LogP contribution in [-0.4, -0.2) is 26.3 Å². The van der Waals surface area contributed by atoms with Gasteiger partial charge in [0.05, 0.1) is 34.4 Å². The number of halogens is 1. The number of hydrogen-bond acceptors (Lipinski definition) is 5. The van der Waals surface area contributed by atoms with Gasteiger partial charge in [0.2, 0.25) is 0 Å². The number of benzene rings is 2. The molecule has 0 atom stereocenters. The van der Waals surface area contributed by atoms with Crippen LogP contribution in [-0.2, 0) is 0 Å². The number of rotatable bonds is 3. The van der Waals surface area contributed by atoms with E-state index in [9.17, 15) is 14.7 Å². The molecule has 2 aromatic heterocycles. The van der Waals surface area contributed by atoms with Gasteiger partial charge in [-0.1, -0.05) is 28.5 Å². The molecule has 0 radical (unpaired) electrons. The Kier molecular flexibility index (Phi) is 3.92.